The van der Waals surface area contributed by atoms with Gasteiger partial charge in [0.1, 0.15) is 6.10 Å². The van der Waals surface area contributed by atoms with Crippen molar-refractivity contribution in [1.29, 1.82) is 0 Å². The van der Waals surface area contributed by atoms with Gasteiger partial charge in [0.2, 0.25) is 0 Å². The van der Waals surface area contributed by atoms with Crippen molar-refractivity contribution in [3.8, 4) is 0 Å². The highest BCUT2D eigenvalue weighted by Crippen LogP contribution is 2.08. The fourth-order valence-corrected chi connectivity index (χ4v) is 0.575. The van der Waals surface area contributed by atoms with E-state index in [0.717, 1.165) is 6.92 Å². The minimum absolute atomic E-state index is 0.696. The van der Waals surface area contributed by atoms with Gasteiger partial charge in [-0.2, -0.15) is 4.39 Å². The van der Waals surface area contributed by atoms with Crippen LogP contribution in [0.3, 0.4) is 0 Å². The van der Waals surface area contributed by atoms with Crippen LogP contribution in [0.1, 0.15) is 6.92 Å². The van der Waals surface area contributed by atoms with Gasteiger partial charge in [-0.05, 0) is 0 Å². The number of carbonyl (C=O) groups excluding carboxylic acids is 1. The lowest BCUT2D eigenvalue weighted by Crippen LogP contribution is -2.37. The molecule has 4 nitrogen and oxygen atoms in total. The summed E-state index contributed by atoms with van der Waals surface area (Å²) in [7, 11) is 0. The van der Waals surface area contributed by atoms with Gasteiger partial charge < -0.3 is 15.3 Å². The first-order valence-corrected chi connectivity index (χ1v) is 3.17. The minimum atomic E-state index is -1.70. The highest BCUT2D eigenvalue weighted by molar-refractivity contribution is 5.71. The van der Waals surface area contributed by atoms with Crippen LogP contribution in [0.5, 0.6) is 0 Å². The molecule has 0 saturated heterocycles. The molecule has 0 aromatic rings. The zero-order valence-corrected chi connectivity index (χ0v) is 6.07. The Bertz CT molecular complexity index is 139. The van der Waals surface area contributed by atoms with Gasteiger partial charge in [0.05, 0.1) is 18.6 Å². The molecule has 3 N–H and O–H groups in total. The summed E-state index contributed by atoms with van der Waals surface area (Å²) in [6, 6.07) is -1.70. The summed E-state index contributed by atoms with van der Waals surface area (Å²) >= 11 is 0. The van der Waals surface area contributed by atoms with Gasteiger partial charge in [0.25, 0.3) is 0 Å². The fraction of sp³-hybridized carbons (Fsp3) is 0.833. The monoisotopic (exact) mass is 166 g/mol. The quantitative estimate of drug-likeness (QED) is 0.460. The number of rotatable bonds is 4. The smallest absolute Gasteiger partial charge is 0.306 e. The number of hydrogen-bond donors (Lipinski definition) is 3. The number of aliphatic hydroxyl groups is 3. The van der Waals surface area contributed by atoms with Crippen LogP contribution in [-0.4, -0.2) is 40.2 Å². The van der Waals surface area contributed by atoms with Crippen LogP contribution in [0.4, 0.5) is 4.39 Å². The number of carbonyl (C=O) groups is 1. The van der Waals surface area contributed by atoms with Gasteiger partial charge in [0.15, 0.2) is 0 Å². The largest absolute Gasteiger partial charge is 0.394 e. The molecule has 0 aromatic carbocycles. The second kappa shape index (κ2) is 4.38. The fourth-order valence-electron chi connectivity index (χ4n) is 0.575. The summed E-state index contributed by atoms with van der Waals surface area (Å²) in [4.78, 5) is 9.99. The maximum absolute atomic E-state index is 11.9. The van der Waals surface area contributed by atoms with Crippen LogP contribution < -0.4 is 0 Å². The average molecular weight is 166 g/mol. The van der Waals surface area contributed by atoms with E-state index in [0.29, 0.717) is 0 Å². The molecule has 0 fully saturated rings. The Morgan fingerprint density at radius 2 is 2.00 bits per heavy atom. The Morgan fingerprint density at radius 3 is 2.27 bits per heavy atom. The molecule has 0 rings (SSSR count). The van der Waals surface area contributed by atoms with E-state index in [4.69, 9.17) is 15.3 Å². The molecule has 5 heteroatoms. The summed E-state index contributed by atoms with van der Waals surface area (Å²) < 4.78 is 11.9. The van der Waals surface area contributed by atoms with Gasteiger partial charge in [-0.25, -0.2) is 0 Å². The van der Waals surface area contributed by atoms with E-state index >= 15 is 0 Å². The summed E-state index contributed by atoms with van der Waals surface area (Å²) in [5.74, 6) is -1.29. The van der Waals surface area contributed by atoms with Crippen LogP contribution in [0.15, 0.2) is 0 Å². The molecule has 0 saturated carbocycles. The molecule has 3 unspecified atom stereocenters. The molecule has 11 heavy (non-hydrogen) atoms. The molecule has 0 bridgehead atoms. The third kappa shape index (κ3) is 2.92. The van der Waals surface area contributed by atoms with Crippen molar-refractivity contribution in [2.75, 3.05) is 6.61 Å². The van der Waals surface area contributed by atoms with Crippen LogP contribution in [0.2, 0.25) is 0 Å². The topological polar surface area (TPSA) is 77.8 Å². The van der Waals surface area contributed by atoms with Crippen LogP contribution in [0.25, 0.3) is 0 Å². The molecule has 0 heterocycles. The lowest BCUT2D eigenvalue weighted by Gasteiger charge is -2.18. The maximum atomic E-state index is 11.9. The molecule has 0 aliphatic heterocycles. The van der Waals surface area contributed by atoms with Gasteiger partial charge in [0, 0.05) is 0 Å². The Kier molecular flexibility index (Phi) is 4.17. The van der Waals surface area contributed by atoms with E-state index in [1.807, 2.05) is 0 Å². The van der Waals surface area contributed by atoms with E-state index in [1.54, 1.807) is 0 Å². The maximum Gasteiger partial charge on any atom is 0.306 e. The molecule has 3 atom stereocenters. The molecule has 0 amide bonds. The van der Waals surface area contributed by atoms with E-state index in [1.165, 1.54) is 0 Å². The summed E-state index contributed by atoms with van der Waals surface area (Å²) in [6.07, 6.45) is -3.01. The summed E-state index contributed by atoms with van der Waals surface area (Å²) in [6.45, 7) is 0.435. The molecular formula is C6H11FO4. The van der Waals surface area contributed by atoms with Crippen LogP contribution in [-0.2, 0) is 4.79 Å². The van der Waals surface area contributed by atoms with Crippen molar-refractivity contribution >= 4 is 6.04 Å². The Balaban J connectivity index is 4.00. The normalized spacial score (nSPS) is 19.0. The van der Waals surface area contributed by atoms with Crippen molar-refractivity contribution < 1.29 is 24.5 Å². The second-order valence-electron chi connectivity index (χ2n) is 2.33. The van der Waals surface area contributed by atoms with Gasteiger partial charge in [-0.15, -0.1) is 0 Å². The average Bonchev–Trinajstić information content (AvgIpc) is 2.00. The van der Waals surface area contributed by atoms with Gasteiger partial charge in [-0.3, -0.25) is 4.79 Å². The molecule has 0 aliphatic carbocycles. The molecule has 0 spiro atoms. The SMILES string of the molecule is CC(C(=O)F)C(O)C(O)CO. The highest BCUT2D eigenvalue weighted by Gasteiger charge is 2.27. The van der Waals surface area contributed by atoms with Crippen molar-refractivity contribution in [2.45, 2.75) is 19.1 Å². The van der Waals surface area contributed by atoms with E-state index in [9.17, 15) is 9.18 Å². The van der Waals surface area contributed by atoms with Crippen molar-refractivity contribution in [1.82, 2.24) is 0 Å². The highest BCUT2D eigenvalue weighted by atomic mass is 19.1. The van der Waals surface area contributed by atoms with Crippen molar-refractivity contribution in [3.05, 3.63) is 0 Å². The first kappa shape index (κ1) is 10.5. The first-order chi connectivity index (χ1) is 5.00. The standard InChI is InChI=1S/C6H11FO4/c1-3(6(7)11)5(10)4(9)2-8/h3-5,8-10H,2H2,1H3. The Hall–Kier alpha value is -0.520. The van der Waals surface area contributed by atoms with E-state index in [-0.39, 0.29) is 0 Å². The molecule has 0 aromatic heterocycles. The zero-order chi connectivity index (χ0) is 9.02. The predicted molar refractivity (Wildman–Crippen MR) is 34.4 cm³/mol. The minimum Gasteiger partial charge on any atom is -0.394 e. The van der Waals surface area contributed by atoms with Crippen molar-refractivity contribution in [2.24, 2.45) is 5.92 Å². The van der Waals surface area contributed by atoms with Gasteiger partial charge >= 0.3 is 6.04 Å². The van der Waals surface area contributed by atoms with E-state index in [2.05, 4.69) is 0 Å². The zero-order valence-electron chi connectivity index (χ0n) is 6.07. The molecule has 66 valence electrons. The predicted octanol–water partition coefficient (Wildman–Crippen LogP) is -1.17. The Labute approximate surface area is 63.3 Å². The summed E-state index contributed by atoms with van der Waals surface area (Å²) in [5, 5.41) is 25.9. The number of hydrogen-bond acceptors (Lipinski definition) is 4. The third-order valence-corrected chi connectivity index (χ3v) is 1.45. The Morgan fingerprint density at radius 1 is 1.55 bits per heavy atom. The molecular weight excluding hydrogens is 155 g/mol. The first-order valence-electron chi connectivity index (χ1n) is 3.17. The lowest BCUT2D eigenvalue weighted by molar-refractivity contribution is -0.140. The second-order valence-corrected chi connectivity index (χ2v) is 2.33. The number of halogens is 1. The molecule has 0 aliphatic rings. The van der Waals surface area contributed by atoms with Gasteiger partial charge in [-0.1, -0.05) is 6.92 Å². The van der Waals surface area contributed by atoms with Crippen LogP contribution in [0, 0.1) is 5.92 Å². The van der Waals surface area contributed by atoms with Crippen molar-refractivity contribution in [3.63, 3.8) is 0 Å². The van der Waals surface area contributed by atoms with E-state index < -0.39 is 30.8 Å². The lowest BCUT2D eigenvalue weighted by atomic mass is 10.0. The number of aliphatic hydroxyl groups excluding tert-OH is 3. The van der Waals surface area contributed by atoms with Crippen LogP contribution >= 0.6 is 0 Å². The third-order valence-electron chi connectivity index (χ3n) is 1.45. The molecule has 0 radical (unpaired) electrons. The summed E-state index contributed by atoms with van der Waals surface area (Å²) in [5.41, 5.74) is 0.